The molecule has 0 spiro atoms. The lowest BCUT2D eigenvalue weighted by Gasteiger charge is -2.23. The van der Waals surface area contributed by atoms with Gasteiger partial charge in [0.15, 0.2) is 0 Å². The van der Waals surface area contributed by atoms with Crippen LogP contribution in [0.3, 0.4) is 0 Å². The average molecular weight is 287 g/mol. The quantitative estimate of drug-likeness (QED) is 0.751. The molecule has 0 aromatic rings. The lowest BCUT2D eigenvalue weighted by molar-refractivity contribution is -0.149. The van der Waals surface area contributed by atoms with Gasteiger partial charge in [-0.15, -0.1) is 11.8 Å². The number of thioether (sulfide) groups is 1. The standard InChI is InChI=1S/C13H21NO4S/c1-9-6-5-7-19-8-10(11(15)17-9)14-12(16)18-13(2,3)4/h5,7,9-10H,6,8H2,1-4H3,(H,14,16)/b7-5-/t9-,10-/m1/s1. The van der Waals surface area contributed by atoms with Crippen LogP contribution in [0, 0.1) is 0 Å². The predicted octanol–water partition coefficient (Wildman–Crippen LogP) is 2.46. The van der Waals surface area contributed by atoms with E-state index in [2.05, 4.69) is 5.32 Å². The Morgan fingerprint density at radius 1 is 1.53 bits per heavy atom. The Morgan fingerprint density at radius 2 is 2.21 bits per heavy atom. The van der Waals surface area contributed by atoms with Crippen molar-refractivity contribution in [2.45, 2.75) is 51.9 Å². The summed E-state index contributed by atoms with van der Waals surface area (Å²) in [4.78, 5) is 23.6. The first kappa shape index (κ1) is 15.9. The van der Waals surface area contributed by atoms with Gasteiger partial charge in [-0.1, -0.05) is 6.08 Å². The minimum atomic E-state index is -0.690. The van der Waals surface area contributed by atoms with E-state index in [4.69, 9.17) is 9.47 Å². The highest BCUT2D eigenvalue weighted by Gasteiger charge is 2.26. The molecule has 0 bridgehead atoms. The Bertz CT molecular complexity index is 362. The van der Waals surface area contributed by atoms with Crippen LogP contribution < -0.4 is 5.32 Å². The van der Waals surface area contributed by atoms with Gasteiger partial charge in [-0.25, -0.2) is 9.59 Å². The Labute approximate surface area is 118 Å². The van der Waals surface area contributed by atoms with Crippen LogP contribution in [0.25, 0.3) is 0 Å². The molecule has 6 heteroatoms. The molecule has 1 amide bonds. The van der Waals surface area contributed by atoms with Crippen LogP contribution in [0.2, 0.25) is 0 Å². The number of carbonyl (C=O) groups excluding carboxylic acids is 2. The van der Waals surface area contributed by atoms with Crippen molar-refractivity contribution in [2.75, 3.05) is 5.75 Å². The molecule has 0 unspecified atom stereocenters. The lowest BCUT2D eigenvalue weighted by atomic mass is 10.2. The van der Waals surface area contributed by atoms with Crippen LogP contribution in [0.5, 0.6) is 0 Å². The number of esters is 1. The number of nitrogens with one attached hydrogen (secondary N) is 1. The third-order valence-corrected chi connectivity index (χ3v) is 3.13. The second-order valence-electron chi connectivity index (χ2n) is 5.39. The molecule has 19 heavy (non-hydrogen) atoms. The van der Waals surface area contributed by atoms with Gasteiger partial charge in [0.2, 0.25) is 0 Å². The van der Waals surface area contributed by atoms with Gasteiger partial charge in [-0.05, 0) is 33.1 Å². The summed E-state index contributed by atoms with van der Waals surface area (Å²) in [5.41, 5.74) is -0.590. The molecule has 0 aliphatic carbocycles. The molecule has 1 aliphatic rings. The minimum absolute atomic E-state index is 0.189. The molecule has 0 radical (unpaired) electrons. The summed E-state index contributed by atoms with van der Waals surface area (Å²) in [7, 11) is 0. The molecule has 1 rings (SSSR count). The maximum absolute atomic E-state index is 11.9. The highest BCUT2D eigenvalue weighted by Crippen LogP contribution is 2.14. The molecule has 0 saturated heterocycles. The number of carbonyl (C=O) groups is 2. The highest BCUT2D eigenvalue weighted by molar-refractivity contribution is 8.02. The molecule has 0 aromatic carbocycles. The van der Waals surface area contributed by atoms with Crippen molar-refractivity contribution in [3.8, 4) is 0 Å². The number of ether oxygens (including phenoxy) is 2. The minimum Gasteiger partial charge on any atom is -0.461 e. The summed E-state index contributed by atoms with van der Waals surface area (Å²) in [5.74, 6) is 0.0101. The van der Waals surface area contributed by atoms with Crippen molar-refractivity contribution >= 4 is 23.8 Å². The van der Waals surface area contributed by atoms with Crippen LogP contribution in [0.4, 0.5) is 4.79 Å². The van der Waals surface area contributed by atoms with Crippen molar-refractivity contribution in [2.24, 2.45) is 0 Å². The molecular formula is C13H21NO4S. The molecule has 0 aromatic heterocycles. The molecule has 1 heterocycles. The van der Waals surface area contributed by atoms with Crippen LogP contribution in [0.15, 0.2) is 11.5 Å². The number of hydrogen-bond donors (Lipinski definition) is 1. The van der Waals surface area contributed by atoms with Crippen molar-refractivity contribution in [1.82, 2.24) is 5.32 Å². The summed E-state index contributed by atoms with van der Waals surface area (Å²) in [6.45, 7) is 7.14. The largest absolute Gasteiger partial charge is 0.461 e. The Morgan fingerprint density at radius 3 is 2.84 bits per heavy atom. The summed E-state index contributed by atoms with van der Waals surface area (Å²) < 4.78 is 10.4. The van der Waals surface area contributed by atoms with Gasteiger partial charge in [0.25, 0.3) is 0 Å². The van der Waals surface area contributed by atoms with Crippen LogP contribution in [-0.2, 0) is 14.3 Å². The molecule has 2 atom stereocenters. The molecule has 1 aliphatic heterocycles. The maximum atomic E-state index is 11.9. The molecule has 108 valence electrons. The van der Waals surface area contributed by atoms with E-state index in [9.17, 15) is 9.59 Å². The smallest absolute Gasteiger partial charge is 0.408 e. The van der Waals surface area contributed by atoms with E-state index in [1.54, 1.807) is 20.8 Å². The van der Waals surface area contributed by atoms with Gasteiger partial charge >= 0.3 is 12.1 Å². The van der Waals surface area contributed by atoms with Crippen molar-refractivity contribution in [3.63, 3.8) is 0 Å². The van der Waals surface area contributed by atoms with Crippen molar-refractivity contribution < 1.29 is 19.1 Å². The first-order valence-electron chi connectivity index (χ1n) is 6.24. The molecular weight excluding hydrogens is 266 g/mol. The fraction of sp³-hybridized carbons (Fsp3) is 0.692. The first-order valence-corrected chi connectivity index (χ1v) is 7.29. The van der Waals surface area contributed by atoms with E-state index in [-0.39, 0.29) is 6.10 Å². The van der Waals surface area contributed by atoms with E-state index in [0.717, 1.165) is 0 Å². The van der Waals surface area contributed by atoms with E-state index in [1.807, 2.05) is 18.4 Å². The Kier molecular flexibility index (Phi) is 5.72. The van der Waals surface area contributed by atoms with Gasteiger partial charge in [0.05, 0.1) is 0 Å². The lowest BCUT2D eigenvalue weighted by Crippen LogP contribution is -2.46. The van der Waals surface area contributed by atoms with Gasteiger partial charge in [0, 0.05) is 12.2 Å². The third kappa shape index (κ3) is 6.52. The van der Waals surface area contributed by atoms with Gasteiger partial charge in [0.1, 0.15) is 17.7 Å². The van der Waals surface area contributed by atoms with Gasteiger partial charge < -0.3 is 14.8 Å². The average Bonchev–Trinajstić information content (AvgIpc) is 2.29. The number of alkyl carbamates (subject to hydrolysis) is 1. The summed E-state index contributed by atoms with van der Waals surface area (Å²) in [6.07, 6.45) is 1.84. The zero-order valence-corrected chi connectivity index (χ0v) is 12.6. The molecule has 0 saturated carbocycles. The van der Waals surface area contributed by atoms with Crippen LogP contribution in [-0.4, -0.2) is 35.6 Å². The summed E-state index contributed by atoms with van der Waals surface area (Å²) in [5, 5.41) is 4.47. The number of amides is 1. The molecule has 1 N–H and O–H groups in total. The Hall–Kier alpha value is -1.17. The normalized spacial score (nSPS) is 26.4. The zero-order valence-electron chi connectivity index (χ0n) is 11.8. The van der Waals surface area contributed by atoms with Gasteiger partial charge in [-0.3, -0.25) is 0 Å². The maximum Gasteiger partial charge on any atom is 0.408 e. The fourth-order valence-corrected chi connectivity index (χ4v) is 2.18. The Balaban J connectivity index is 2.60. The highest BCUT2D eigenvalue weighted by atomic mass is 32.2. The second-order valence-corrected chi connectivity index (χ2v) is 6.33. The fourth-order valence-electron chi connectivity index (χ4n) is 1.41. The second kappa shape index (κ2) is 6.84. The van der Waals surface area contributed by atoms with Crippen molar-refractivity contribution in [3.05, 3.63) is 11.5 Å². The van der Waals surface area contributed by atoms with E-state index in [0.29, 0.717) is 12.2 Å². The molecule has 5 nitrogen and oxygen atoms in total. The first-order chi connectivity index (χ1) is 8.78. The SMILES string of the molecule is C[C@@H]1C/C=C\SC[C@@H](NC(=O)OC(C)(C)C)C(=O)O1. The van der Waals surface area contributed by atoms with Crippen molar-refractivity contribution in [1.29, 1.82) is 0 Å². The molecule has 0 fully saturated rings. The summed E-state index contributed by atoms with van der Waals surface area (Å²) in [6, 6.07) is -0.690. The van der Waals surface area contributed by atoms with E-state index in [1.165, 1.54) is 11.8 Å². The number of hydrogen-bond acceptors (Lipinski definition) is 5. The zero-order chi connectivity index (χ0) is 14.5. The monoisotopic (exact) mass is 287 g/mol. The van der Waals surface area contributed by atoms with Crippen LogP contribution in [0.1, 0.15) is 34.1 Å². The number of cyclic esters (lactones) is 1. The van der Waals surface area contributed by atoms with E-state index < -0.39 is 23.7 Å². The number of rotatable bonds is 1. The van der Waals surface area contributed by atoms with E-state index >= 15 is 0 Å². The third-order valence-electron chi connectivity index (χ3n) is 2.22. The van der Waals surface area contributed by atoms with Gasteiger partial charge in [-0.2, -0.15) is 0 Å². The van der Waals surface area contributed by atoms with Crippen LogP contribution >= 0.6 is 11.8 Å². The topological polar surface area (TPSA) is 64.6 Å². The summed E-state index contributed by atoms with van der Waals surface area (Å²) >= 11 is 1.46. The predicted molar refractivity (Wildman–Crippen MR) is 74.9 cm³/mol.